The maximum atomic E-state index is 15.2. The molecule has 5 rings (SSSR count). The van der Waals surface area contributed by atoms with Gasteiger partial charge in [0.1, 0.15) is 24.2 Å². The van der Waals surface area contributed by atoms with Crippen molar-refractivity contribution in [3.63, 3.8) is 0 Å². The van der Waals surface area contributed by atoms with E-state index in [1.54, 1.807) is 18.2 Å². The fourth-order valence-electron chi connectivity index (χ4n) is 4.60. The lowest BCUT2D eigenvalue weighted by Gasteiger charge is -2.35. The Bertz CT molecular complexity index is 1440. The van der Waals surface area contributed by atoms with Crippen LogP contribution in [0.4, 0.5) is 4.39 Å². The van der Waals surface area contributed by atoms with Crippen LogP contribution in [0.25, 0.3) is 0 Å². The van der Waals surface area contributed by atoms with E-state index in [-0.39, 0.29) is 48.9 Å². The molecule has 2 saturated heterocycles. The maximum Gasteiger partial charge on any atom is 0.255 e. The van der Waals surface area contributed by atoms with E-state index in [2.05, 4.69) is 5.32 Å². The van der Waals surface area contributed by atoms with Crippen molar-refractivity contribution in [1.82, 2.24) is 15.1 Å². The zero-order chi connectivity index (χ0) is 30.8. The maximum absolute atomic E-state index is 15.2. The number of hydrogen-bond acceptors (Lipinski definition) is 6. The summed E-state index contributed by atoms with van der Waals surface area (Å²) in [6.07, 6.45) is -4.20. The number of rotatable bonds is 6. The van der Waals surface area contributed by atoms with Gasteiger partial charge in [0.25, 0.3) is 5.91 Å². The highest BCUT2D eigenvalue weighted by Gasteiger charge is 2.40. The number of carbonyl (C=O) groups excluding carboxylic acids is 3. The van der Waals surface area contributed by atoms with Crippen LogP contribution in [0.15, 0.2) is 36.4 Å². The minimum absolute atomic E-state index is 0.0887. The van der Waals surface area contributed by atoms with E-state index in [0.29, 0.717) is 21.8 Å². The number of ether oxygens (including phenoxy) is 2. The molecule has 3 atom stereocenters. The molecule has 0 spiro atoms. The van der Waals surface area contributed by atoms with Crippen molar-refractivity contribution < 1.29 is 36.5 Å². The van der Waals surface area contributed by atoms with Gasteiger partial charge >= 0.3 is 0 Å². The number of morpholine rings is 1. The first-order valence-corrected chi connectivity index (χ1v) is 11.6. The molecule has 0 radical (unpaired) electrons. The Morgan fingerprint density at radius 1 is 1.19 bits per heavy atom. The lowest BCUT2D eigenvalue weighted by Crippen LogP contribution is -2.52. The average Bonchev–Trinajstić information content (AvgIpc) is 3.22. The van der Waals surface area contributed by atoms with E-state index < -0.39 is 49.5 Å². The molecule has 2 fully saturated rings. The van der Waals surface area contributed by atoms with E-state index in [1.165, 1.54) is 17.0 Å². The smallest absolute Gasteiger partial charge is 0.255 e. The highest BCUT2D eigenvalue weighted by molar-refractivity contribution is 6.05. The van der Waals surface area contributed by atoms with Crippen LogP contribution in [0.2, 0.25) is 0 Å². The van der Waals surface area contributed by atoms with Gasteiger partial charge in [-0.05, 0) is 44.0 Å². The molecule has 2 aromatic rings. The van der Waals surface area contributed by atoms with Crippen LogP contribution in [0, 0.1) is 5.82 Å². The van der Waals surface area contributed by atoms with Crippen LogP contribution in [-0.4, -0.2) is 58.7 Å². The summed E-state index contributed by atoms with van der Waals surface area (Å²) in [5, 5.41) is 2.25. The van der Waals surface area contributed by atoms with Crippen molar-refractivity contribution in [3.05, 3.63) is 64.5 Å². The van der Waals surface area contributed by atoms with Crippen LogP contribution in [0.1, 0.15) is 62.0 Å². The standard InChI is InChI=1S/C27H30FN3O5/c1-16-11-30(12-17(2)36-16)13-18-6-7-19(22(28)10-18)15-35-24-5-3-4-20-21(24)14-31(27(20)34)23-8-9-25(32)29-26(23)33/h3-7,10,16-17,23H,8-9,11-15H2,1-2H3,(H,29,32,33)/i11D2,12D2,16D,17D. The Labute approximate surface area is 217 Å². The quantitative estimate of drug-likeness (QED) is 0.613. The molecule has 3 unspecified atom stereocenters. The van der Waals surface area contributed by atoms with Gasteiger partial charge in [-0.15, -0.1) is 0 Å². The molecule has 3 aliphatic rings. The fourth-order valence-corrected chi connectivity index (χ4v) is 4.60. The number of carbonyl (C=O) groups is 3. The molecule has 8 nitrogen and oxygen atoms in total. The summed E-state index contributed by atoms with van der Waals surface area (Å²) in [5.74, 6) is -1.65. The Morgan fingerprint density at radius 3 is 2.69 bits per heavy atom. The normalized spacial score (nSPS) is 33.9. The number of hydrogen-bond donors (Lipinski definition) is 1. The number of fused-ring (bicyclic) bond motifs is 1. The summed E-state index contributed by atoms with van der Waals surface area (Å²) < 4.78 is 76.2. The Balaban J connectivity index is 1.31. The summed E-state index contributed by atoms with van der Waals surface area (Å²) in [4.78, 5) is 39.0. The molecule has 2 aromatic carbocycles. The molecule has 0 bridgehead atoms. The van der Waals surface area contributed by atoms with Crippen molar-refractivity contribution in [2.75, 3.05) is 13.0 Å². The van der Waals surface area contributed by atoms with Crippen molar-refractivity contribution in [3.8, 4) is 5.75 Å². The topological polar surface area (TPSA) is 88.2 Å². The molecule has 0 aromatic heterocycles. The Hall–Kier alpha value is -3.30. The van der Waals surface area contributed by atoms with Gasteiger partial charge in [-0.2, -0.15) is 0 Å². The van der Waals surface area contributed by atoms with E-state index in [4.69, 9.17) is 17.7 Å². The summed E-state index contributed by atoms with van der Waals surface area (Å²) in [7, 11) is 0. The van der Waals surface area contributed by atoms with Gasteiger partial charge in [0.05, 0.1) is 21.4 Å². The third-order valence-corrected chi connectivity index (χ3v) is 6.27. The lowest BCUT2D eigenvalue weighted by atomic mass is 10.0. The molecule has 1 N–H and O–H groups in total. The van der Waals surface area contributed by atoms with Gasteiger partial charge in [-0.25, -0.2) is 4.39 Å². The van der Waals surface area contributed by atoms with Crippen molar-refractivity contribution in [2.45, 2.75) is 64.6 Å². The second kappa shape index (κ2) is 9.99. The number of piperidine rings is 1. The van der Waals surface area contributed by atoms with Gasteiger partial charge in [0, 0.05) is 48.1 Å². The SMILES string of the molecule is [2H]C1(C)OC([2H])(C)C([2H])([2H])N(Cc2ccc(COc3cccc4c3CN(C3CCC(=O)NC3=O)C4=O)c(F)c2)C1([2H])[2H]. The summed E-state index contributed by atoms with van der Waals surface area (Å²) in [6.45, 7) is -3.64. The molecular weight excluding hydrogens is 465 g/mol. The lowest BCUT2D eigenvalue weighted by molar-refractivity contribution is -0.136. The molecule has 3 amide bonds. The van der Waals surface area contributed by atoms with Gasteiger partial charge in [0.2, 0.25) is 11.8 Å². The Kier molecular flexibility index (Phi) is 5.00. The fraction of sp³-hybridized carbons (Fsp3) is 0.444. The predicted octanol–water partition coefficient (Wildman–Crippen LogP) is 2.77. The predicted molar refractivity (Wildman–Crippen MR) is 129 cm³/mol. The number of amides is 3. The third-order valence-electron chi connectivity index (χ3n) is 6.27. The van der Waals surface area contributed by atoms with Crippen LogP contribution < -0.4 is 10.1 Å². The monoisotopic (exact) mass is 501 g/mol. The highest BCUT2D eigenvalue weighted by Crippen LogP contribution is 2.34. The first-order valence-electron chi connectivity index (χ1n) is 14.6. The van der Waals surface area contributed by atoms with Crippen molar-refractivity contribution >= 4 is 17.7 Å². The zero-order valence-electron chi connectivity index (χ0n) is 25.9. The number of halogens is 1. The van der Waals surface area contributed by atoms with E-state index in [9.17, 15) is 14.4 Å². The average molecular weight is 502 g/mol. The number of imide groups is 1. The molecular formula is C27H30FN3O5. The van der Waals surface area contributed by atoms with E-state index >= 15 is 4.39 Å². The molecule has 3 heterocycles. The largest absolute Gasteiger partial charge is 0.488 e. The molecule has 3 aliphatic heterocycles. The summed E-state index contributed by atoms with van der Waals surface area (Å²) in [5.41, 5.74) is 1.25. The van der Waals surface area contributed by atoms with Crippen molar-refractivity contribution in [2.24, 2.45) is 0 Å². The van der Waals surface area contributed by atoms with Crippen LogP contribution in [0.3, 0.4) is 0 Å². The third kappa shape index (κ3) is 4.99. The summed E-state index contributed by atoms with van der Waals surface area (Å²) >= 11 is 0. The zero-order valence-corrected chi connectivity index (χ0v) is 19.9. The van der Waals surface area contributed by atoms with Crippen molar-refractivity contribution in [1.29, 1.82) is 0 Å². The number of nitrogens with zero attached hydrogens (tertiary/aromatic N) is 2. The first kappa shape index (κ1) is 18.0. The second-order valence-electron chi connectivity index (χ2n) is 8.92. The van der Waals surface area contributed by atoms with Gasteiger partial charge in [0.15, 0.2) is 0 Å². The Morgan fingerprint density at radius 2 is 1.97 bits per heavy atom. The summed E-state index contributed by atoms with van der Waals surface area (Å²) in [6, 6.07) is 8.08. The molecule has 0 saturated carbocycles. The minimum atomic E-state index is -2.65. The molecule has 0 aliphatic carbocycles. The van der Waals surface area contributed by atoms with Gasteiger partial charge in [-0.3, -0.25) is 24.6 Å². The van der Waals surface area contributed by atoms with Gasteiger partial charge in [-0.1, -0.05) is 18.2 Å². The van der Waals surface area contributed by atoms with Gasteiger partial charge < -0.3 is 14.4 Å². The minimum Gasteiger partial charge on any atom is -0.488 e. The van der Waals surface area contributed by atoms with E-state index in [0.717, 1.165) is 19.9 Å². The second-order valence-corrected chi connectivity index (χ2v) is 8.92. The molecule has 190 valence electrons. The first-order chi connectivity index (χ1) is 19.5. The number of nitrogens with one attached hydrogen (secondary N) is 1. The highest BCUT2D eigenvalue weighted by atomic mass is 19.1. The molecule has 9 heteroatoms. The van der Waals surface area contributed by atoms with Crippen LogP contribution in [-0.2, 0) is 34.0 Å². The van der Waals surface area contributed by atoms with Crippen LogP contribution in [0.5, 0.6) is 5.75 Å². The van der Waals surface area contributed by atoms with Crippen LogP contribution >= 0.6 is 0 Å². The van der Waals surface area contributed by atoms with E-state index in [1.807, 2.05) is 0 Å². The number of benzene rings is 2. The molecule has 36 heavy (non-hydrogen) atoms.